The largest absolute Gasteiger partial charge is 0.179 e. The highest BCUT2D eigenvalue weighted by molar-refractivity contribution is 7.80. The molecule has 0 saturated carbocycles. The highest BCUT2D eigenvalue weighted by Crippen LogP contribution is 1.93. The number of rotatable bonds is 3. The van der Waals surface area contributed by atoms with Crippen molar-refractivity contribution >= 4 is 12.6 Å². The molecule has 0 bridgehead atoms. The summed E-state index contributed by atoms with van der Waals surface area (Å²) in [6.07, 6.45) is 3.92. The molecule has 0 spiro atoms. The van der Waals surface area contributed by atoms with Gasteiger partial charge in [-0.3, -0.25) is 0 Å². The topological polar surface area (TPSA) is 0 Å². The van der Waals surface area contributed by atoms with Crippen LogP contribution < -0.4 is 0 Å². The average molecular weight is 132 g/mol. The molecule has 0 saturated heterocycles. The molecule has 0 aromatic carbocycles. The Balaban J connectivity index is 0. The van der Waals surface area contributed by atoms with E-state index in [9.17, 15) is 0 Å². The summed E-state index contributed by atoms with van der Waals surface area (Å²) in [5.41, 5.74) is 0. The molecule has 50 valence electrons. The summed E-state index contributed by atoms with van der Waals surface area (Å²) in [6, 6.07) is 0. The van der Waals surface area contributed by atoms with Crippen LogP contribution in [0.4, 0.5) is 0 Å². The minimum atomic E-state index is 1.05. The van der Waals surface area contributed by atoms with Gasteiger partial charge < -0.3 is 0 Å². The van der Waals surface area contributed by atoms with Gasteiger partial charge in [0, 0.05) is 0 Å². The van der Waals surface area contributed by atoms with Gasteiger partial charge in [0.1, 0.15) is 0 Å². The predicted molar refractivity (Wildman–Crippen MR) is 44.6 cm³/mol. The van der Waals surface area contributed by atoms with E-state index in [4.69, 9.17) is 0 Å². The molecule has 0 rings (SSSR count). The first-order valence-corrected chi connectivity index (χ1v) is 3.66. The Hall–Kier alpha value is 0.0900. The second kappa shape index (κ2) is 15.7. The second-order valence-electron chi connectivity index (χ2n) is 1.43. The van der Waals surface area contributed by atoms with Crippen LogP contribution in [-0.4, -0.2) is 5.75 Å². The molecule has 0 atom stereocenters. The quantitative estimate of drug-likeness (QED) is 0.341. The third kappa shape index (κ3) is 16.5. The lowest BCUT2D eigenvalue weighted by Crippen LogP contribution is -1.70. The zero-order chi connectivity index (χ0) is 6.83. The molecule has 0 nitrogen and oxygen atoms in total. The van der Waals surface area contributed by atoms with Crippen molar-refractivity contribution in [1.82, 2.24) is 0 Å². The molecular formula is C7H16S. The number of hydrogen-bond acceptors (Lipinski definition) is 1. The fourth-order valence-electron chi connectivity index (χ4n) is 0.362. The predicted octanol–water partition coefficient (Wildman–Crippen LogP) is 2.91. The molecule has 8 heavy (non-hydrogen) atoms. The Morgan fingerprint density at radius 1 is 1.25 bits per heavy atom. The highest BCUT2D eigenvalue weighted by atomic mass is 32.1. The van der Waals surface area contributed by atoms with Gasteiger partial charge in [-0.1, -0.05) is 19.8 Å². The minimum absolute atomic E-state index is 1.05. The first kappa shape index (κ1) is 11.0. The standard InChI is InChI=1S/C5H12S.C2H4/c1-2-3-4-5-6;1-2/h6H,2-5H2,1H3;1-2H2. The Morgan fingerprint density at radius 2 is 1.75 bits per heavy atom. The molecule has 0 unspecified atom stereocenters. The molecular weight excluding hydrogens is 116 g/mol. The summed E-state index contributed by atoms with van der Waals surface area (Å²) in [5.74, 6) is 1.05. The van der Waals surface area contributed by atoms with E-state index < -0.39 is 0 Å². The maximum absolute atomic E-state index is 4.05. The van der Waals surface area contributed by atoms with Crippen LogP contribution in [0.15, 0.2) is 13.2 Å². The fourth-order valence-corrected chi connectivity index (χ4v) is 0.585. The summed E-state index contributed by atoms with van der Waals surface area (Å²) in [4.78, 5) is 0. The summed E-state index contributed by atoms with van der Waals surface area (Å²) < 4.78 is 0. The SMILES string of the molecule is C=C.CCCCCS. The maximum Gasteiger partial charge on any atom is -0.00979 e. The van der Waals surface area contributed by atoms with Crippen molar-refractivity contribution in [2.24, 2.45) is 0 Å². The Labute approximate surface area is 58.4 Å². The van der Waals surface area contributed by atoms with Gasteiger partial charge >= 0.3 is 0 Å². The lowest BCUT2D eigenvalue weighted by molar-refractivity contribution is 0.780. The second-order valence-corrected chi connectivity index (χ2v) is 1.88. The number of hydrogen-bond donors (Lipinski definition) is 1. The fraction of sp³-hybridized carbons (Fsp3) is 0.714. The zero-order valence-electron chi connectivity index (χ0n) is 5.69. The van der Waals surface area contributed by atoms with Gasteiger partial charge in [0.25, 0.3) is 0 Å². The maximum atomic E-state index is 4.05. The summed E-state index contributed by atoms with van der Waals surface area (Å²) >= 11 is 4.05. The van der Waals surface area contributed by atoms with E-state index in [0.29, 0.717) is 0 Å². The molecule has 0 radical (unpaired) electrons. The monoisotopic (exact) mass is 132 g/mol. The van der Waals surface area contributed by atoms with Crippen LogP contribution in [0, 0.1) is 0 Å². The Morgan fingerprint density at radius 3 is 1.88 bits per heavy atom. The third-order valence-electron chi connectivity index (χ3n) is 0.762. The van der Waals surface area contributed by atoms with Crippen molar-refractivity contribution < 1.29 is 0 Å². The van der Waals surface area contributed by atoms with Gasteiger partial charge in [-0.2, -0.15) is 12.6 Å². The van der Waals surface area contributed by atoms with Gasteiger partial charge in [-0.25, -0.2) is 0 Å². The molecule has 0 heterocycles. The van der Waals surface area contributed by atoms with Crippen LogP contribution in [0.3, 0.4) is 0 Å². The van der Waals surface area contributed by atoms with E-state index in [2.05, 4.69) is 32.7 Å². The van der Waals surface area contributed by atoms with E-state index in [1.807, 2.05) is 0 Å². The van der Waals surface area contributed by atoms with Crippen molar-refractivity contribution in [3.63, 3.8) is 0 Å². The van der Waals surface area contributed by atoms with E-state index in [1.165, 1.54) is 19.3 Å². The van der Waals surface area contributed by atoms with Crippen molar-refractivity contribution in [3.05, 3.63) is 13.2 Å². The van der Waals surface area contributed by atoms with E-state index in [0.717, 1.165) is 5.75 Å². The zero-order valence-corrected chi connectivity index (χ0v) is 6.58. The molecule has 0 aliphatic rings. The van der Waals surface area contributed by atoms with Gasteiger partial charge in [0.15, 0.2) is 0 Å². The van der Waals surface area contributed by atoms with Gasteiger partial charge in [-0.15, -0.1) is 13.2 Å². The summed E-state index contributed by atoms with van der Waals surface area (Å²) in [5, 5.41) is 0. The molecule has 0 N–H and O–H groups in total. The summed E-state index contributed by atoms with van der Waals surface area (Å²) in [7, 11) is 0. The van der Waals surface area contributed by atoms with E-state index in [1.54, 1.807) is 0 Å². The van der Waals surface area contributed by atoms with E-state index in [-0.39, 0.29) is 0 Å². The van der Waals surface area contributed by atoms with Crippen molar-refractivity contribution in [3.8, 4) is 0 Å². The lowest BCUT2D eigenvalue weighted by atomic mass is 10.3. The lowest BCUT2D eigenvalue weighted by Gasteiger charge is -1.85. The number of thiol groups is 1. The van der Waals surface area contributed by atoms with Crippen LogP contribution >= 0.6 is 12.6 Å². The minimum Gasteiger partial charge on any atom is -0.179 e. The van der Waals surface area contributed by atoms with Crippen LogP contribution in [0.25, 0.3) is 0 Å². The highest BCUT2D eigenvalue weighted by Gasteiger charge is 1.75. The number of unbranched alkanes of at least 4 members (excludes halogenated alkanes) is 2. The van der Waals surface area contributed by atoms with E-state index >= 15 is 0 Å². The third-order valence-corrected chi connectivity index (χ3v) is 1.08. The molecule has 0 amide bonds. The molecule has 1 heteroatoms. The smallest absolute Gasteiger partial charge is 0.00979 e. The summed E-state index contributed by atoms with van der Waals surface area (Å²) in [6.45, 7) is 8.20. The first-order valence-electron chi connectivity index (χ1n) is 3.02. The molecule has 0 aromatic heterocycles. The molecule has 0 aliphatic carbocycles. The van der Waals surface area contributed by atoms with Crippen LogP contribution in [0.2, 0.25) is 0 Å². The van der Waals surface area contributed by atoms with Crippen LogP contribution in [0.1, 0.15) is 26.2 Å². The Kier molecular flexibility index (Phi) is 21.5. The van der Waals surface area contributed by atoms with Crippen molar-refractivity contribution in [1.29, 1.82) is 0 Å². The van der Waals surface area contributed by atoms with Crippen molar-refractivity contribution in [2.75, 3.05) is 5.75 Å². The van der Waals surface area contributed by atoms with Crippen LogP contribution in [0.5, 0.6) is 0 Å². The van der Waals surface area contributed by atoms with Crippen molar-refractivity contribution in [2.45, 2.75) is 26.2 Å². The molecule has 0 fully saturated rings. The van der Waals surface area contributed by atoms with Crippen LogP contribution in [-0.2, 0) is 0 Å². The van der Waals surface area contributed by atoms with Gasteiger partial charge in [0.05, 0.1) is 0 Å². The molecule has 0 aromatic rings. The molecule has 0 aliphatic heterocycles. The first-order chi connectivity index (χ1) is 3.91. The normalized spacial score (nSPS) is 7.25. The Bertz CT molecular complexity index is 23.6. The van der Waals surface area contributed by atoms with Gasteiger partial charge in [0.2, 0.25) is 0 Å². The van der Waals surface area contributed by atoms with Gasteiger partial charge in [-0.05, 0) is 12.2 Å². The average Bonchev–Trinajstić information content (AvgIpc) is 1.88.